The highest BCUT2D eigenvalue weighted by Crippen LogP contribution is 2.15. The maximum atomic E-state index is 12.2. The molecule has 2 rings (SSSR count). The Morgan fingerprint density at radius 2 is 1.61 bits per heavy atom. The number of carbonyl (C=O) groups is 3. The molecule has 0 bridgehead atoms. The molecular weight excluding hydrogens is 382 g/mol. The van der Waals surface area contributed by atoms with Gasteiger partial charge in [-0.2, -0.15) is 0 Å². The standard InChI is InChI=1S/C20H21NO6S/c1-3-26-19(23)14-9-11-15(12-10-14)21-18(22)13-27-20(24)16-7-5-6-8-17(16)28(25)4-2/h5-12H,3-4,13H2,1-2H3,(H,21,22)/t28-/m1/s1. The van der Waals surface area contributed by atoms with Crippen molar-refractivity contribution in [3.63, 3.8) is 0 Å². The Morgan fingerprint density at radius 3 is 2.25 bits per heavy atom. The molecule has 0 heterocycles. The van der Waals surface area contributed by atoms with Crippen LogP contribution in [0.1, 0.15) is 34.6 Å². The number of hydrogen-bond acceptors (Lipinski definition) is 6. The quantitative estimate of drug-likeness (QED) is 0.681. The fourth-order valence-electron chi connectivity index (χ4n) is 2.30. The molecule has 0 spiro atoms. The van der Waals surface area contributed by atoms with Crippen LogP contribution in [0, 0.1) is 0 Å². The van der Waals surface area contributed by atoms with E-state index in [-0.39, 0.29) is 12.2 Å². The number of nitrogens with one attached hydrogen (secondary N) is 1. The van der Waals surface area contributed by atoms with Crippen molar-refractivity contribution < 1.29 is 28.1 Å². The zero-order chi connectivity index (χ0) is 20.5. The summed E-state index contributed by atoms with van der Waals surface area (Å²) >= 11 is 0. The Kier molecular flexibility index (Phi) is 7.88. The summed E-state index contributed by atoms with van der Waals surface area (Å²) in [6.07, 6.45) is 0. The predicted octanol–water partition coefficient (Wildman–Crippen LogP) is 2.79. The molecule has 2 aromatic carbocycles. The van der Waals surface area contributed by atoms with Crippen LogP contribution in [0.3, 0.4) is 0 Å². The molecule has 0 aromatic heterocycles. The number of esters is 2. The zero-order valence-corrected chi connectivity index (χ0v) is 16.4. The Morgan fingerprint density at radius 1 is 0.929 bits per heavy atom. The maximum absolute atomic E-state index is 12.2. The smallest absolute Gasteiger partial charge is 0.339 e. The lowest BCUT2D eigenvalue weighted by Gasteiger charge is -2.09. The molecule has 8 heteroatoms. The number of hydrogen-bond donors (Lipinski definition) is 1. The molecule has 0 saturated carbocycles. The van der Waals surface area contributed by atoms with Gasteiger partial charge in [-0.15, -0.1) is 0 Å². The van der Waals surface area contributed by atoms with Gasteiger partial charge in [0.05, 0.1) is 33.4 Å². The van der Waals surface area contributed by atoms with Crippen LogP contribution in [0.15, 0.2) is 53.4 Å². The van der Waals surface area contributed by atoms with Crippen molar-refractivity contribution in [2.75, 3.05) is 24.3 Å². The maximum Gasteiger partial charge on any atom is 0.339 e. The van der Waals surface area contributed by atoms with E-state index in [4.69, 9.17) is 9.47 Å². The van der Waals surface area contributed by atoms with Crippen molar-refractivity contribution in [1.82, 2.24) is 0 Å². The Bertz CT molecular complexity index is 879. The molecular formula is C20H21NO6S. The molecule has 2 aromatic rings. The van der Waals surface area contributed by atoms with Crippen molar-refractivity contribution in [1.29, 1.82) is 0 Å². The molecule has 148 valence electrons. The summed E-state index contributed by atoms with van der Waals surface area (Å²) in [6, 6.07) is 12.6. The number of benzene rings is 2. The van der Waals surface area contributed by atoms with Crippen molar-refractivity contribution in [2.45, 2.75) is 18.7 Å². The van der Waals surface area contributed by atoms with E-state index < -0.39 is 35.3 Å². The van der Waals surface area contributed by atoms with Gasteiger partial charge in [-0.3, -0.25) is 9.00 Å². The fourth-order valence-corrected chi connectivity index (χ4v) is 3.24. The van der Waals surface area contributed by atoms with Crippen LogP contribution in [0.4, 0.5) is 5.69 Å². The topological polar surface area (TPSA) is 98.8 Å². The predicted molar refractivity (Wildman–Crippen MR) is 105 cm³/mol. The Hall–Kier alpha value is -3.00. The third-order valence-electron chi connectivity index (χ3n) is 3.63. The van der Waals surface area contributed by atoms with Gasteiger partial charge in [-0.05, 0) is 43.3 Å². The second kappa shape index (κ2) is 10.4. The van der Waals surface area contributed by atoms with Crippen molar-refractivity contribution in [3.05, 3.63) is 59.7 Å². The van der Waals surface area contributed by atoms with Crippen molar-refractivity contribution >= 4 is 34.3 Å². The van der Waals surface area contributed by atoms with Gasteiger partial charge in [0.1, 0.15) is 0 Å². The van der Waals surface area contributed by atoms with E-state index in [2.05, 4.69) is 5.32 Å². The Balaban J connectivity index is 1.93. The third kappa shape index (κ3) is 5.75. The first-order valence-corrected chi connectivity index (χ1v) is 9.99. The summed E-state index contributed by atoms with van der Waals surface area (Å²) in [5.74, 6) is -1.33. The number of amides is 1. The van der Waals surface area contributed by atoms with Gasteiger partial charge in [0.2, 0.25) is 0 Å². The summed E-state index contributed by atoms with van der Waals surface area (Å²) in [5.41, 5.74) is 0.989. The lowest BCUT2D eigenvalue weighted by molar-refractivity contribution is -0.119. The highest BCUT2D eigenvalue weighted by Gasteiger charge is 2.17. The molecule has 0 unspecified atom stereocenters. The lowest BCUT2D eigenvalue weighted by Crippen LogP contribution is -2.21. The third-order valence-corrected chi connectivity index (χ3v) is 5.00. The SMILES string of the molecule is CCOC(=O)c1ccc(NC(=O)COC(=O)c2ccccc2[S@](=O)CC)cc1. The van der Waals surface area contributed by atoms with Crippen molar-refractivity contribution in [3.8, 4) is 0 Å². The van der Waals surface area contributed by atoms with E-state index >= 15 is 0 Å². The minimum Gasteiger partial charge on any atom is -0.462 e. The molecule has 0 aliphatic rings. The van der Waals surface area contributed by atoms with Gasteiger partial charge < -0.3 is 14.8 Å². The first-order valence-electron chi connectivity index (χ1n) is 8.67. The molecule has 0 aliphatic heterocycles. The zero-order valence-electron chi connectivity index (χ0n) is 15.6. The molecule has 7 nitrogen and oxygen atoms in total. The number of ether oxygens (including phenoxy) is 2. The molecule has 1 N–H and O–H groups in total. The van der Waals surface area contributed by atoms with E-state index in [0.717, 1.165) is 0 Å². The molecule has 1 amide bonds. The number of carbonyl (C=O) groups excluding carboxylic acids is 3. The summed E-state index contributed by atoms with van der Waals surface area (Å²) < 4.78 is 21.9. The highest BCUT2D eigenvalue weighted by molar-refractivity contribution is 7.85. The van der Waals surface area contributed by atoms with Crippen molar-refractivity contribution in [2.24, 2.45) is 0 Å². The highest BCUT2D eigenvalue weighted by atomic mass is 32.2. The van der Waals surface area contributed by atoms with Gasteiger partial charge in [-0.1, -0.05) is 19.1 Å². The van der Waals surface area contributed by atoms with E-state index in [1.165, 1.54) is 18.2 Å². The molecule has 1 atom stereocenters. The number of rotatable bonds is 8. The second-order valence-electron chi connectivity index (χ2n) is 5.55. The first-order chi connectivity index (χ1) is 13.5. The number of anilines is 1. The average Bonchev–Trinajstić information content (AvgIpc) is 2.72. The van der Waals surface area contributed by atoms with Crippen LogP contribution in [-0.2, 0) is 25.1 Å². The minimum atomic E-state index is -1.32. The van der Waals surface area contributed by atoms with Gasteiger partial charge in [0.15, 0.2) is 6.61 Å². The fraction of sp³-hybridized carbons (Fsp3) is 0.250. The first kappa shape index (κ1) is 21.3. The molecule has 0 aliphatic carbocycles. The average molecular weight is 403 g/mol. The normalized spacial score (nSPS) is 11.4. The van der Waals surface area contributed by atoms with Gasteiger partial charge in [0, 0.05) is 11.4 Å². The second-order valence-corrected chi connectivity index (χ2v) is 7.26. The van der Waals surface area contributed by atoms with E-state index in [1.807, 2.05) is 0 Å². The Labute approximate surface area is 165 Å². The molecule has 28 heavy (non-hydrogen) atoms. The summed E-state index contributed by atoms with van der Waals surface area (Å²) in [5, 5.41) is 2.57. The van der Waals surface area contributed by atoms with Gasteiger partial charge in [-0.25, -0.2) is 9.59 Å². The molecule has 0 fully saturated rings. The van der Waals surface area contributed by atoms with E-state index in [1.54, 1.807) is 44.2 Å². The summed E-state index contributed by atoms with van der Waals surface area (Å²) in [7, 11) is -1.32. The van der Waals surface area contributed by atoms with Crippen LogP contribution in [0.2, 0.25) is 0 Å². The van der Waals surface area contributed by atoms with E-state index in [0.29, 0.717) is 21.9 Å². The summed E-state index contributed by atoms with van der Waals surface area (Å²) in [4.78, 5) is 36.2. The van der Waals surface area contributed by atoms with Crippen LogP contribution in [0.5, 0.6) is 0 Å². The lowest BCUT2D eigenvalue weighted by atomic mass is 10.2. The van der Waals surface area contributed by atoms with E-state index in [9.17, 15) is 18.6 Å². The summed E-state index contributed by atoms with van der Waals surface area (Å²) in [6.45, 7) is 3.24. The van der Waals surface area contributed by atoms with Crippen LogP contribution in [-0.4, -0.2) is 41.0 Å². The molecule has 0 saturated heterocycles. The van der Waals surface area contributed by atoms with Gasteiger partial charge >= 0.3 is 11.9 Å². The molecule has 0 radical (unpaired) electrons. The largest absolute Gasteiger partial charge is 0.462 e. The minimum absolute atomic E-state index is 0.175. The van der Waals surface area contributed by atoms with Crippen LogP contribution in [0.25, 0.3) is 0 Å². The van der Waals surface area contributed by atoms with Gasteiger partial charge in [0.25, 0.3) is 5.91 Å². The van der Waals surface area contributed by atoms with Crippen LogP contribution < -0.4 is 5.32 Å². The van der Waals surface area contributed by atoms with Crippen LogP contribution >= 0.6 is 0 Å². The monoisotopic (exact) mass is 403 g/mol.